The van der Waals surface area contributed by atoms with Gasteiger partial charge in [-0.25, -0.2) is 5.43 Å². The maximum Gasteiger partial charge on any atom is 0.262 e. The molecule has 4 aromatic carbocycles. The molecule has 0 unspecified atom stereocenters. The Bertz CT molecular complexity index is 1560. The third-order valence-corrected chi connectivity index (χ3v) is 6.97. The van der Waals surface area contributed by atoms with Crippen molar-refractivity contribution in [2.45, 2.75) is 45.9 Å². The molecule has 9 heteroatoms. The van der Waals surface area contributed by atoms with Crippen molar-refractivity contribution in [2.75, 3.05) is 0 Å². The van der Waals surface area contributed by atoms with Crippen molar-refractivity contribution in [3.05, 3.63) is 106 Å². The van der Waals surface area contributed by atoms with E-state index < -0.39 is 24.0 Å². The minimum atomic E-state index is -0.908. The first-order chi connectivity index (χ1) is 20.2. The van der Waals surface area contributed by atoms with Crippen LogP contribution >= 0.6 is 23.2 Å². The molecule has 42 heavy (non-hydrogen) atoms. The lowest BCUT2D eigenvalue weighted by Crippen LogP contribution is -2.49. The van der Waals surface area contributed by atoms with Crippen molar-refractivity contribution in [3.8, 4) is 11.5 Å². The van der Waals surface area contributed by atoms with Gasteiger partial charge < -0.3 is 14.8 Å². The van der Waals surface area contributed by atoms with Crippen LogP contribution in [0, 0.1) is 5.92 Å². The Hall–Kier alpha value is -4.07. The molecule has 0 bridgehead atoms. The molecule has 0 aliphatic heterocycles. The second-order valence-electron chi connectivity index (χ2n) is 10.2. The molecule has 0 aromatic heterocycles. The number of nitrogens with zero attached hydrogens (tertiary/aromatic N) is 1. The van der Waals surface area contributed by atoms with Crippen LogP contribution in [0.5, 0.6) is 11.5 Å². The van der Waals surface area contributed by atoms with E-state index in [1.165, 1.54) is 6.07 Å². The summed E-state index contributed by atoms with van der Waals surface area (Å²) in [4.78, 5) is 26.1. The van der Waals surface area contributed by atoms with Crippen LogP contribution < -0.4 is 20.2 Å². The summed E-state index contributed by atoms with van der Waals surface area (Å²) in [5.74, 6) is 0.171. The molecule has 2 amide bonds. The minimum absolute atomic E-state index is 0.128. The highest BCUT2D eigenvalue weighted by molar-refractivity contribution is 6.35. The first-order valence-corrected chi connectivity index (χ1v) is 14.4. The van der Waals surface area contributed by atoms with E-state index in [1.54, 1.807) is 25.3 Å². The van der Waals surface area contributed by atoms with Crippen LogP contribution in [0.4, 0.5) is 0 Å². The van der Waals surface area contributed by atoms with Gasteiger partial charge in [0.1, 0.15) is 24.1 Å². The van der Waals surface area contributed by atoms with E-state index in [2.05, 4.69) is 15.8 Å². The molecule has 2 atom stereocenters. The quantitative estimate of drug-likeness (QED) is 0.132. The van der Waals surface area contributed by atoms with Gasteiger partial charge in [0.05, 0.1) is 11.2 Å². The van der Waals surface area contributed by atoms with Crippen LogP contribution in [0.3, 0.4) is 0 Å². The number of carbonyl (C=O) groups excluding carboxylic acids is 2. The van der Waals surface area contributed by atoms with Crippen LogP contribution in [0.1, 0.15) is 38.3 Å². The van der Waals surface area contributed by atoms with Crippen molar-refractivity contribution in [2.24, 2.45) is 11.0 Å². The summed E-state index contributed by atoms with van der Waals surface area (Å²) in [5, 5.41) is 9.72. The Labute approximate surface area is 255 Å². The van der Waals surface area contributed by atoms with Gasteiger partial charge in [-0.3, -0.25) is 9.59 Å². The highest BCUT2D eigenvalue weighted by Crippen LogP contribution is 2.29. The fourth-order valence-electron chi connectivity index (χ4n) is 4.32. The molecular formula is C33H33Cl2N3O4. The number of hydrazone groups is 1. The van der Waals surface area contributed by atoms with Crippen LogP contribution in [-0.4, -0.2) is 30.2 Å². The van der Waals surface area contributed by atoms with Gasteiger partial charge in [0.15, 0.2) is 6.10 Å². The number of fused-ring (bicyclic) bond motifs is 1. The van der Waals surface area contributed by atoms with Crippen molar-refractivity contribution in [3.63, 3.8) is 0 Å². The first-order valence-electron chi connectivity index (χ1n) is 13.6. The summed E-state index contributed by atoms with van der Waals surface area (Å²) in [6, 6.07) is 25.5. The Morgan fingerprint density at radius 1 is 0.881 bits per heavy atom. The molecule has 0 saturated carbocycles. The van der Waals surface area contributed by atoms with Crippen LogP contribution in [0.15, 0.2) is 90.0 Å². The number of amides is 2. The monoisotopic (exact) mass is 605 g/mol. The molecule has 0 spiro atoms. The van der Waals surface area contributed by atoms with Crippen LogP contribution in [0.2, 0.25) is 10.0 Å². The molecule has 7 nitrogen and oxygen atoms in total. The summed E-state index contributed by atoms with van der Waals surface area (Å²) >= 11 is 12.1. The van der Waals surface area contributed by atoms with Crippen molar-refractivity contribution >= 4 is 52.0 Å². The van der Waals surface area contributed by atoms with Crippen molar-refractivity contribution in [1.82, 2.24) is 10.7 Å². The average molecular weight is 607 g/mol. The third kappa shape index (κ3) is 8.47. The van der Waals surface area contributed by atoms with Gasteiger partial charge in [-0.1, -0.05) is 97.7 Å². The summed E-state index contributed by atoms with van der Waals surface area (Å²) in [7, 11) is 0. The Morgan fingerprint density at radius 2 is 1.60 bits per heavy atom. The Morgan fingerprint density at radius 3 is 2.33 bits per heavy atom. The summed E-state index contributed by atoms with van der Waals surface area (Å²) < 4.78 is 11.9. The number of hydrogen-bond acceptors (Lipinski definition) is 5. The lowest BCUT2D eigenvalue weighted by Gasteiger charge is -2.22. The Kier molecular flexibility index (Phi) is 10.8. The van der Waals surface area contributed by atoms with E-state index >= 15 is 0 Å². The van der Waals surface area contributed by atoms with E-state index in [1.807, 2.05) is 80.6 Å². The lowest BCUT2D eigenvalue weighted by molar-refractivity contribution is -0.132. The minimum Gasteiger partial charge on any atom is -0.488 e. The predicted octanol–water partition coefficient (Wildman–Crippen LogP) is 7.17. The SMILES string of the molecule is CC(C)C[C@@H](NC(=O)[C@@H](C)Oc1ccc(Cl)cc1Cl)C(=O)N/N=C\c1c(OCc2ccccc2)ccc2ccccc12. The second-order valence-corrected chi connectivity index (χ2v) is 11.1. The fraction of sp³-hybridized carbons (Fsp3) is 0.242. The topological polar surface area (TPSA) is 89.0 Å². The zero-order valence-electron chi connectivity index (χ0n) is 23.6. The number of hydrogen-bond donors (Lipinski definition) is 2. The molecule has 0 saturated heterocycles. The zero-order valence-corrected chi connectivity index (χ0v) is 25.2. The molecule has 218 valence electrons. The van der Waals surface area contributed by atoms with Crippen LogP contribution in [0.25, 0.3) is 10.8 Å². The molecule has 0 aliphatic carbocycles. The number of nitrogens with one attached hydrogen (secondary N) is 2. The molecule has 4 rings (SSSR count). The molecule has 0 heterocycles. The van der Waals surface area contributed by atoms with Gasteiger partial charge in [-0.05, 0) is 59.9 Å². The van der Waals surface area contributed by atoms with Gasteiger partial charge >= 0.3 is 0 Å². The summed E-state index contributed by atoms with van der Waals surface area (Å²) in [6.45, 7) is 5.90. The summed E-state index contributed by atoms with van der Waals surface area (Å²) in [5.41, 5.74) is 4.36. The molecule has 4 aromatic rings. The van der Waals surface area contributed by atoms with Gasteiger partial charge in [0.2, 0.25) is 0 Å². The standard InChI is InChI=1S/C33H33Cl2N3O4/c1-21(2)17-29(37-32(39)22(3)42-31-16-14-25(34)18-28(31)35)33(40)38-36-19-27-26-12-8-7-11-24(26)13-15-30(27)41-20-23-9-5-4-6-10-23/h4-16,18-19,21-22,29H,17,20H2,1-3H3,(H,37,39)(H,38,40)/b36-19-/t22-,29-/m1/s1. The zero-order chi connectivity index (χ0) is 30.1. The smallest absolute Gasteiger partial charge is 0.262 e. The molecule has 0 fully saturated rings. The van der Waals surface area contributed by atoms with E-state index in [0.29, 0.717) is 29.5 Å². The van der Waals surface area contributed by atoms with Gasteiger partial charge in [0.25, 0.3) is 11.8 Å². The van der Waals surface area contributed by atoms with Crippen LogP contribution in [-0.2, 0) is 16.2 Å². The van der Waals surface area contributed by atoms with Gasteiger partial charge in [-0.2, -0.15) is 5.10 Å². The van der Waals surface area contributed by atoms with E-state index in [4.69, 9.17) is 32.7 Å². The number of benzene rings is 4. The first kappa shape index (κ1) is 30.9. The number of halogens is 2. The molecule has 2 N–H and O–H groups in total. The predicted molar refractivity (Wildman–Crippen MR) is 168 cm³/mol. The van der Waals surface area contributed by atoms with Gasteiger partial charge in [0, 0.05) is 10.6 Å². The van der Waals surface area contributed by atoms with E-state index in [9.17, 15) is 9.59 Å². The maximum atomic E-state index is 13.2. The molecular weight excluding hydrogens is 573 g/mol. The molecule has 0 aliphatic rings. The summed E-state index contributed by atoms with van der Waals surface area (Å²) in [6.07, 6.45) is 1.07. The average Bonchev–Trinajstić information content (AvgIpc) is 2.97. The highest BCUT2D eigenvalue weighted by atomic mass is 35.5. The fourth-order valence-corrected chi connectivity index (χ4v) is 4.77. The van der Waals surface area contributed by atoms with Crippen molar-refractivity contribution < 1.29 is 19.1 Å². The maximum absolute atomic E-state index is 13.2. The van der Waals surface area contributed by atoms with E-state index in [-0.39, 0.29) is 10.9 Å². The number of carbonyl (C=O) groups is 2. The molecule has 0 radical (unpaired) electrons. The second kappa shape index (κ2) is 14.7. The number of ether oxygens (including phenoxy) is 2. The normalized spacial score (nSPS) is 12.7. The Balaban J connectivity index is 1.47. The van der Waals surface area contributed by atoms with E-state index in [0.717, 1.165) is 21.9 Å². The lowest BCUT2D eigenvalue weighted by atomic mass is 10.0. The highest BCUT2D eigenvalue weighted by Gasteiger charge is 2.25. The third-order valence-electron chi connectivity index (χ3n) is 6.44. The van der Waals surface area contributed by atoms with Gasteiger partial charge in [-0.15, -0.1) is 0 Å². The van der Waals surface area contributed by atoms with Crippen molar-refractivity contribution in [1.29, 1.82) is 0 Å². The largest absolute Gasteiger partial charge is 0.488 e. The number of rotatable bonds is 12.